The van der Waals surface area contributed by atoms with Gasteiger partial charge in [0.25, 0.3) is 11.8 Å². The van der Waals surface area contributed by atoms with Crippen LogP contribution >= 0.6 is 0 Å². The number of hydrogen-bond donors (Lipinski definition) is 1. The van der Waals surface area contributed by atoms with E-state index in [1.54, 1.807) is 31.2 Å². The van der Waals surface area contributed by atoms with Gasteiger partial charge in [-0.3, -0.25) is 19.3 Å². The van der Waals surface area contributed by atoms with Crippen molar-refractivity contribution in [1.29, 1.82) is 0 Å². The van der Waals surface area contributed by atoms with Gasteiger partial charge >= 0.3 is 0 Å². The highest BCUT2D eigenvalue weighted by atomic mass is 16.5. The second-order valence-corrected chi connectivity index (χ2v) is 6.74. The molecule has 1 heterocycles. The van der Waals surface area contributed by atoms with E-state index in [-0.39, 0.29) is 6.54 Å². The van der Waals surface area contributed by atoms with Crippen LogP contribution in [-0.4, -0.2) is 41.8 Å². The molecule has 2 aromatic rings. The smallest absolute Gasteiger partial charge is 0.262 e. The molecule has 0 saturated carbocycles. The highest BCUT2D eigenvalue weighted by Gasteiger charge is 2.40. The van der Waals surface area contributed by atoms with Crippen molar-refractivity contribution in [3.05, 3.63) is 65.2 Å². The zero-order valence-corrected chi connectivity index (χ0v) is 16.1. The molecule has 0 saturated heterocycles. The van der Waals surface area contributed by atoms with Gasteiger partial charge in [-0.25, -0.2) is 0 Å². The van der Waals surface area contributed by atoms with Crippen LogP contribution in [0.15, 0.2) is 48.5 Å². The average molecular weight is 380 g/mol. The Labute approximate surface area is 164 Å². The first-order chi connectivity index (χ1) is 13.5. The molecule has 1 N–H and O–H groups in total. The first-order valence-corrected chi connectivity index (χ1v) is 9.49. The van der Waals surface area contributed by atoms with Crippen LogP contribution in [0.4, 0.5) is 0 Å². The van der Waals surface area contributed by atoms with Gasteiger partial charge in [0.2, 0.25) is 5.91 Å². The van der Waals surface area contributed by atoms with Crippen molar-refractivity contribution >= 4 is 17.7 Å². The maximum Gasteiger partial charge on any atom is 0.262 e. The van der Waals surface area contributed by atoms with Crippen LogP contribution in [-0.2, 0) is 11.2 Å². The molecule has 3 amide bonds. The molecule has 1 aliphatic heterocycles. The molecule has 2 aromatic carbocycles. The molecule has 0 unspecified atom stereocenters. The summed E-state index contributed by atoms with van der Waals surface area (Å²) in [6, 6.07) is 13.6. The van der Waals surface area contributed by atoms with Crippen molar-refractivity contribution in [3.63, 3.8) is 0 Å². The number of ether oxygens (including phenoxy) is 1. The molecular formula is C22H24N2O4. The molecule has 0 fully saturated rings. The molecular weight excluding hydrogens is 356 g/mol. The fourth-order valence-corrected chi connectivity index (χ4v) is 3.21. The molecule has 0 spiro atoms. The van der Waals surface area contributed by atoms with E-state index in [0.717, 1.165) is 23.5 Å². The minimum atomic E-state index is -0.888. The molecule has 0 aliphatic carbocycles. The Bertz CT molecular complexity index is 841. The van der Waals surface area contributed by atoms with Gasteiger partial charge in [0.15, 0.2) is 0 Å². The number of amides is 3. The minimum absolute atomic E-state index is 0.281. The average Bonchev–Trinajstić information content (AvgIpc) is 2.97. The fourth-order valence-electron chi connectivity index (χ4n) is 3.21. The SMILES string of the molecule is CCCc1ccc(OCCNC(=O)[C@H](C)N2C(=O)c3ccccc3C2=O)cc1. The van der Waals surface area contributed by atoms with E-state index in [2.05, 4.69) is 12.2 Å². The fraction of sp³-hybridized carbons (Fsp3) is 0.318. The predicted molar refractivity (Wildman–Crippen MR) is 105 cm³/mol. The van der Waals surface area contributed by atoms with E-state index in [4.69, 9.17) is 4.74 Å². The summed E-state index contributed by atoms with van der Waals surface area (Å²) in [5, 5.41) is 2.72. The number of carbonyl (C=O) groups excluding carboxylic acids is 3. The monoisotopic (exact) mass is 380 g/mol. The van der Waals surface area contributed by atoms with Gasteiger partial charge in [-0.2, -0.15) is 0 Å². The third-order valence-electron chi connectivity index (χ3n) is 4.72. The Kier molecular flexibility index (Phi) is 6.09. The highest BCUT2D eigenvalue weighted by Crippen LogP contribution is 2.24. The van der Waals surface area contributed by atoms with E-state index in [1.165, 1.54) is 5.56 Å². The van der Waals surface area contributed by atoms with Crippen LogP contribution in [0.1, 0.15) is 46.5 Å². The van der Waals surface area contributed by atoms with Crippen LogP contribution in [0.25, 0.3) is 0 Å². The van der Waals surface area contributed by atoms with Gasteiger partial charge in [-0.05, 0) is 43.2 Å². The molecule has 0 aromatic heterocycles. The number of rotatable bonds is 8. The minimum Gasteiger partial charge on any atom is -0.492 e. The zero-order chi connectivity index (χ0) is 20.1. The predicted octanol–water partition coefficient (Wildman–Crippen LogP) is 2.82. The Morgan fingerprint density at radius 1 is 1.04 bits per heavy atom. The lowest BCUT2D eigenvalue weighted by atomic mass is 10.1. The number of fused-ring (bicyclic) bond motifs is 1. The standard InChI is InChI=1S/C22H24N2O4/c1-3-6-16-9-11-17(12-10-16)28-14-13-23-20(25)15(2)24-21(26)18-7-4-5-8-19(18)22(24)27/h4-5,7-12,15H,3,6,13-14H2,1-2H3,(H,23,25)/t15-/m0/s1. The summed E-state index contributed by atoms with van der Waals surface area (Å²) in [6.45, 7) is 4.26. The van der Waals surface area contributed by atoms with E-state index in [1.807, 2.05) is 24.3 Å². The number of hydrogen-bond acceptors (Lipinski definition) is 4. The maximum atomic E-state index is 12.4. The van der Waals surface area contributed by atoms with Crippen molar-refractivity contribution in [2.24, 2.45) is 0 Å². The molecule has 146 valence electrons. The summed E-state index contributed by atoms with van der Waals surface area (Å²) in [7, 11) is 0. The van der Waals surface area contributed by atoms with Crippen molar-refractivity contribution in [2.45, 2.75) is 32.7 Å². The number of carbonyl (C=O) groups is 3. The number of nitrogens with zero attached hydrogens (tertiary/aromatic N) is 1. The summed E-state index contributed by atoms with van der Waals surface area (Å²) >= 11 is 0. The van der Waals surface area contributed by atoms with Gasteiger partial charge in [-0.1, -0.05) is 37.6 Å². The Morgan fingerprint density at radius 3 is 2.21 bits per heavy atom. The third-order valence-corrected chi connectivity index (χ3v) is 4.72. The summed E-state index contributed by atoms with van der Waals surface area (Å²) in [6.07, 6.45) is 2.13. The van der Waals surface area contributed by atoms with Crippen LogP contribution < -0.4 is 10.1 Å². The molecule has 1 atom stereocenters. The molecule has 28 heavy (non-hydrogen) atoms. The van der Waals surface area contributed by atoms with E-state index in [0.29, 0.717) is 17.7 Å². The maximum absolute atomic E-state index is 12.4. The lowest BCUT2D eigenvalue weighted by Crippen LogP contribution is -2.48. The topological polar surface area (TPSA) is 75.7 Å². The molecule has 1 aliphatic rings. The Balaban J connectivity index is 1.49. The number of aryl methyl sites for hydroxylation is 1. The quantitative estimate of drug-likeness (QED) is 0.564. The highest BCUT2D eigenvalue weighted by molar-refractivity contribution is 6.22. The summed E-state index contributed by atoms with van der Waals surface area (Å²) in [5.74, 6) is -0.530. The van der Waals surface area contributed by atoms with Gasteiger partial charge in [0.05, 0.1) is 17.7 Å². The number of nitrogens with one attached hydrogen (secondary N) is 1. The summed E-state index contributed by atoms with van der Waals surface area (Å²) in [5.41, 5.74) is 1.93. The Hall–Kier alpha value is -3.15. The normalized spacial score (nSPS) is 14.0. The van der Waals surface area contributed by atoms with E-state index in [9.17, 15) is 14.4 Å². The molecule has 3 rings (SSSR count). The van der Waals surface area contributed by atoms with E-state index >= 15 is 0 Å². The number of imide groups is 1. The van der Waals surface area contributed by atoms with Gasteiger partial charge in [0, 0.05) is 0 Å². The molecule has 6 heteroatoms. The van der Waals surface area contributed by atoms with Gasteiger partial charge in [0.1, 0.15) is 18.4 Å². The lowest BCUT2D eigenvalue weighted by molar-refractivity contribution is -0.124. The van der Waals surface area contributed by atoms with Crippen molar-refractivity contribution in [3.8, 4) is 5.75 Å². The van der Waals surface area contributed by atoms with E-state index < -0.39 is 23.8 Å². The van der Waals surface area contributed by atoms with Crippen molar-refractivity contribution in [1.82, 2.24) is 10.2 Å². The first kappa shape index (κ1) is 19.6. The second-order valence-electron chi connectivity index (χ2n) is 6.74. The largest absolute Gasteiger partial charge is 0.492 e. The molecule has 0 radical (unpaired) electrons. The van der Waals surface area contributed by atoms with Gasteiger partial charge in [-0.15, -0.1) is 0 Å². The lowest BCUT2D eigenvalue weighted by Gasteiger charge is -2.21. The van der Waals surface area contributed by atoms with Crippen LogP contribution in [0, 0.1) is 0 Å². The van der Waals surface area contributed by atoms with Crippen molar-refractivity contribution in [2.75, 3.05) is 13.2 Å². The van der Waals surface area contributed by atoms with Crippen LogP contribution in [0.3, 0.4) is 0 Å². The zero-order valence-electron chi connectivity index (χ0n) is 16.1. The Morgan fingerprint density at radius 2 is 1.64 bits per heavy atom. The van der Waals surface area contributed by atoms with Crippen LogP contribution in [0.2, 0.25) is 0 Å². The molecule has 0 bridgehead atoms. The van der Waals surface area contributed by atoms with Crippen molar-refractivity contribution < 1.29 is 19.1 Å². The number of benzene rings is 2. The summed E-state index contributed by atoms with van der Waals surface area (Å²) < 4.78 is 5.63. The van der Waals surface area contributed by atoms with Crippen LogP contribution in [0.5, 0.6) is 5.75 Å². The molecule has 6 nitrogen and oxygen atoms in total. The summed E-state index contributed by atoms with van der Waals surface area (Å²) in [4.78, 5) is 38.3. The third kappa shape index (κ3) is 4.06. The van der Waals surface area contributed by atoms with Gasteiger partial charge < -0.3 is 10.1 Å². The second kappa shape index (κ2) is 8.69. The first-order valence-electron chi connectivity index (χ1n) is 9.49.